The monoisotopic (exact) mass is 447 g/mol. The van der Waals surface area contributed by atoms with Crippen molar-refractivity contribution in [1.82, 2.24) is 14.4 Å². The number of pyridine rings is 2. The fourth-order valence-electron chi connectivity index (χ4n) is 3.45. The zero-order valence-corrected chi connectivity index (χ0v) is 18.4. The summed E-state index contributed by atoms with van der Waals surface area (Å²) in [4.78, 5) is 34.9. The number of hydrogen-bond donors (Lipinski definition) is 1. The van der Waals surface area contributed by atoms with E-state index in [1.807, 2.05) is 11.3 Å². The largest absolute Gasteiger partial charge is 0.450 e. The highest BCUT2D eigenvalue weighted by molar-refractivity contribution is 6.06. The van der Waals surface area contributed by atoms with Crippen LogP contribution in [0.3, 0.4) is 0 Å². The van der Waals surface area contributed by atoms with E-state index >= 15 is 0 Å². The number of amides is 2. The van der Waals surface area contributed by atoms with Crippen LogP contribution < -0.4 is 10.2 Å². The van der Waals surface area contributed by atoms with Crippen molar-refractivity contribution in [2.24, 2.45) is 0 Å². The number of aryl methyl sites for hydroxylation is 1. The van der Waals surface area contributed by atoms with Crippen molar-refractivity contribution in [2.45, 2.75) is 13.8 Å². The molecule has 0 radical (unpaired) electrons. The second-order valence-electron chi connectivity index (χ2n) is 7.37. The normalized spacial score (nSPS) is 10.8. The topological polar surface area (TPSA) is 88.8 Å². The number of ether oxygens (including phenoxy) is 1. The summed E-state index contributed by atoms with van der Waals surface area (Å²) in [5, 5.41) is 2.55. The molecule has 1 N–H and O–H groups in total. The zero-order valence-electron chi connectivity index (χ0n) is 18.4. The molecule has 0 aliphatic carbocycles. The fraction of sp³-hybridized carbons (Fsp3) is 0.167. The highest BCUT2D eigenvalue weighted by atomic mass is 19.1. The molecule has 0 saturated carbocycles. The van der Waals surface area contributed by atoms with Gasteiger partial charge in [-0.3, -0.25) is 14.5 Å². The summed E-state index contributed by atoms with van der Waals surface area (Å²) in [6.45, 7) is 3.87. The summed E-state index contributed by atoms with van der Waals surface area (Å²) in [5.41, 5.74) is 4.07. The van der Waals surface area contributed by atoms with Gasteiger partial charge >= 0.3 is 6.09 Å². The Morgan fingerprint density at radius 1 is 1.12 bits per heavy atom. The Hall–Kier alpha value is -4.27. The van der Waals surface area contributed by atoms with Crippen LogP contribution in [-0.4, -0.2) is 40.0 Å². The molecule has 8 nitrogen and oxygen atoms in total. The molecule has 0 aliphatic rings. The van der Waals surface area contributed by atoms with Crippen LogP contribution in [0.25, 0.3) is 16.9 Å². The minimum absolute atomic E-state index is 0.238. The molecule has 0 bridgehead atoms. The Morgan fingerprint density at radius 2 is 1.88 bits per heavy atom. The average Bonchev–Trinajstić information content (AvgIpc) is 3.24. The lowest BCUT2D eigenvalue weighted by atomic mass is 10.1. The molecule has 0 fully saturated rings. The standard InChI is InChI=1S/C24H22FN5O3/c1-4-33-24(32)28-21-10-5-16(12-26-21)20-13-27-22-15(2)11-17(14-30(20)22)23(31)29(3)19-8-6-18(25)7-9-19/h5-14H,4H2,1-3H3,(H,26,28,32). The second-order valence-corrected chi connectivity index (χ2v) is 7.37. The third kappa shape index (κ3) is 4.52. The Balaban J connectivity index is 1.65. The molecule has 0 atom stereocenters. The maximum atomic E-state index is 13.2. The van der Waals surface area contributed by atoms with Crippen molar-refractivity contribution in [3.63, 3.8) is 0 Å². The molecule has 4 aromatic rings. The van der Waals surface area contributed by atoms with Crippen molar-refractivity contribution in [1.29, 1.82) is 0 Å². The molecule has 33 heavy (non-hydrogen) atoms. The van der Waals surface area contributed by atoms with Crippen molar-refractivity contribution >= 4 is 29.2 Å². The van der Waals surface area contributed by atoms with Gasteiger partial charge in [-0.05, 0) is 61.9 Å². The summed E-state index contributed by atoms with van der Waals surface area (Å²) >= 11 is 0. The molecule has 3 heterocycles. The summed E-state index contributed by atoms with van der Waals surface area (Å²) in [7, 11) is 1.64. The molecule has 2 amide bonds. The van der Waals surface area contributed by atoms with Crippen LogP contribution >= 0.6 is 0 Å². The predicted molar refractivity (Wildman–Crippen MR) is 123 cm³/mol. The second kappa shape index (κ2) is 9.07. The number of benzene rings is 1. The van der Waals surface area contributed by atoms with Gasteiger partial charge in [0.2, 0.25) is 0 Å². The minimum Gasteiger partial charge on any atom is -0.450 e. The summed E-state index contributed by atoms with van der Waals surface area (Å²) < 4.78 is 19.9. The molecule has 168 valence electrons. The quantitative estimate of drug-likeness (QED) is 0.480. The van der Waals surface area contributed by atoms with Crippen LogP contribution in [0, 0.1) is 12.7 Å². The van der Waals surface area contributed by atoms with Gasteiger partial charge in [-0.2, -0.15) is 0 Å². The van der Waals surface area contributed by atoms with E-state index < -0.39 is 6.09 Å². The van der Waals surface area contributed by atoms with E-state index in [4.69, 9.17) is 4.74 Å². The smallest absolute Gasteiger partial charge is 0.412 e. The van der Waals surface area contributed by atoms with Gasteiger partial charge in [-0.15, -0.1) is 0 Å². The molecule has 0 aliphatic heterocycles. The molecule has 4 rings (SSSR count). The molecule has 0 saturated heterocycles. The summed E-state index contributed by atoms with van der Waals surface area (Å²) in [5.74, 6) is -0.241. The number of nitrogens with zero attached hydrogens (tertiary/aromatic N) is 4. The van der Waals surface area contributed by atoms with Crippen molar-refractivity contribution in [3.8, 4) is 11.3 Å². The van der Waals surface area contributed by atoms with Gasteiger partial charge in [0.1, 0.15) is 17.3 Å². The summed E-state index contributed by atoms with van der Waals surface area (Å²) in [6, 6.07) is 11.0. The van der Waals surface area contributed by atoms with Crippen LogP contribution in [0.5, 0.6) is 0 Å². The van der Waals surface area contributed by atoms with Crippen molar-refractivity contribution in [3.05, 3.63) is 78.0 Å². The number of carbonyl (C=O) groups excluding carboxylic acids is 2. The van der Waals surface area contributed by atoms with E-state index in [9.17, 15) is 14.0 Å². The maximum absolute atomic E-state index is 13.2. The predicted octanol–water partition coefficient (Wildman–Crippen LogP) is 4.69. The minimum atomic E-state index is -0.573. The zero-order chi connectivity index (χ0) is 23.5. The van der Waals surface area contributed by atoms with Crippen LogP contribution in [0.1, 0.15) is 22.8 Å². The molecular weight excluding hydrogens is 425 g/mol. The third-order valence-electron chi connectivity index (χ3n) is 5.12. The van der Waals surface area contributed by atoms with E-state index in [2.05, 4.69) is 15.3 Å². The Morgan fingerprint density at radius 3 is 2.55 bits per heavy atom. The van der Waals surface area contributed by atoms with Gasteiger partial charge in [-0.1, -0.05) is 0 Å². The Bertz CT molecular complexity index is 1320. The first kappa shape index (κ1) is 21.9. The maximum Gasteiger partial charge on any atom is 0.412 e. The highest BCUT2D eigenvalue weighted by Gasteiger charge is 2.17. The van der Waals surface area contributed by atoms with Gasteiger partial charge in [0.25, 0.3) is 5.91 Å². The van der Waals surface area contributed by atoms with Crippen molar-refractivity contribution < 1.29 is 18.7 Å². The Kier molecular flexibility index (Phi) is 6.03. The van der Waals surface area contributed by atoms with E-state index in [1.165, 1.54) is 17.0 Å². The first-order chi connectivity index (χ1) is 15.9. The third-order valence-corrected chi connectivity index (χ3v) is 5.12. The van der Waals surface area contributed by atoms with Gasteiger partial charge in [-0.25, -0.2) is 19.2 Å². The lowest BCUT2D eigenvalue weighted by Crippen LogP contribution is -2.26. The number of rotatable bonds is 5. The molecular formula is C24H22FN5O3. The summed E-state index contributed by atoms with van der Waals surface area (Å²) in [6.07, 6.45) is 4.46. The van der Waals surface area contributed by atoms with Crippen LogP contribution in [-0.2, 0) is 4.74 Å². The fourth-order valence-corrected chi connectivity index (χ4v) is 3.45. The molecule has 0 spiro atoms. The number of nitrogens with one attached hydrogen (secondary N) is 1. The van der Waals surface area contributed by atoms with Crippen LogP contribution in [0.4, 0.5) is 20.7 Å². The van der Waals surface area contributed by atoms with E-state index in [0.717, 1.165) is 16.8 Å². The number of hydrogen-bond acceptors (Lipinski definition) is 5. The highest BCUT2D eigenvalue weighted by Crippen LogP contribution is 2.25. The lowest BCUT2D eigenvalue weighted by molar-refractivity contribution is 0.0992. The molecule has 3 aromatic heterocycles. The molecule has 1 aromatic carbocycles. The number of halogens is 1. The number of anilines is 2. The number of fused-ring (bicyclic) bond motifs is 1. The first-order valence-corrected chi connectivity index (χ1v) is 10.3. The van der Waals surface area contributed by atoms with Gasteiger partial charge in [0, 0.05) is 30.7 Å². The van der Waals surface area contributed by atoms with Crippen LogP contribution in [0.2, 0.25) is 0 Å². The van der Waals surface area contributed by atoms with Gasteiger partial charge in [0.05, 0.1) is 24.1 Å². The Labute approximate surface area is 189 Å². The van der Waals surface area contributed by atoms with E-state index in [1.54, 1.807) is 62.9 Å². The first-order valence-electron chi connectivity index (χ1n) is 10.3. The van der Waals surface area contributed by atoms with Crippen LogP contribution in [0.15, 0.2) is 61.1 Å². The van der Waals surface area contributed by atoms with Crippen molar-refractivity contribution in [2.75, 3.05) is 23.9 Å². The van der Waals surface area contributed by atoms with E-state index in [0.29, 0.717) is 22.7 Å². The molecule has 0 unspecified atom stereocenters. The van der Waals surface area contributed by atoms with E-state index in [-0.39, 0.29) is 18.3 Å². The lowest BCUT2D eigenvalue weighted by Gasteiger charge is -2.18. The number of imidazole rings is 1. The average molecular weight is 447 g/mol. The number of aromatic nitrogens is 3. The molecule has 9 heteroatoms. The number of carbonyl (C=O) groups is 2. The van der Waals surface area contributed by atoms with Gasteiger partial charge in [0.15, 0.2) is 0 Å². The van der Waals surface area contributed by atoms with Gasteiger partial charge < -0.3 is 9.64 Å². The SMILES string of the molecule is CCOC(=O)Nc1ccc(-c2cnc3c(C)cc(C(=O)N(C)c4ccc(F)cc4)cn23)cn1.